The van der Waals surface area contributed by atoms with E-state index < -0.39 is 0 Å². The number of carbonyl (C=O) groups excluding carboxylic acids is 1. The van der Waals surface area contributed by atoms with E-state index in [2.05, 4.69) is 53.1 Å². The van der Waals surface area contributed by atoms with E-state index in [4.69, 9.17) is 4.74 Å². The van der Waals surface area contributed by atoms with Gasteiger partial charge in [0, 0.05) is 25.2 Å². The predicted octanol–water partition coefficient (Wildman–Crippen LogP) is 5.21. The molecule has 35 heavy (non-hydrogen) atoms. The highest BCUT2D eigenvalue weighted by Gasteiger charge is 2.54. The van der Waals surface area contributed by atoms with Crippen LogP contribution in [0.3, 0.4) is 0 Å². The van der Waals surface area contributed by atoms with Crippen molar-refractivity contribution in [2.45, 2.75) is 62.6 Å². The van der Waals surface area contributed by atoms with Gasteiger partial charge in [0.15, 0.2) is 0 Å². The largest absolute Gasteiger partial charge is 0.508 e. The molecule has 6 heteroatoms. The molecular formula is C29H39N3O3. The normalized spacial score (nSPS) is 27.0. The maximum absolute atomic E-state index is 13.8. The van der Waals surface area contributed by atoms with E-state index in [0.29, 0.717) is 18.2 Å². The van der Waals surface area contributed by atoms with Gasteiger partial charge in [-0.05, 0) is 93.9 Å². The Labute approximate surface area is 209 Å². The lowest BCUT2D eigenvalue weighted by Crippen LogP contribution is -2.56. The second-order valence-electron chi connectivity index (χ2n) is 11.1. The summed E-state index contributed by atoms with van der Waals surface area (Å²) >= 11 is 0. The lowest BCUT2D eigenvalue weighted by Gasteiger charge is -2.51. The van der Waals surface area contributed by atoms with Crippen molar-refractivity contribution in [3.63, 3.8) is 0 Å². The number of benzene rings is 2. The number of methoxy groups -OCH3 is 1. The highest BCUT2D eigenvalue weighted by atomic mass is 16.5. The minimum absolute atomic E-state index is 0.0759. The Morgan fingerprint density at radius 1 is 1.00 bits per heavy atom. The summed E-state index contributed by atoms with van der Waals surface area (Å²) in [7, 11) is 6.00. The third-order valence-electron chi connectivity index (χ3n) is 9.03. The van der Waals surface area contributed by atoms with Crippen molar-refractivity contribution in [1.82, 2.24) is 14.7 Å². The van der Waals surface area contributed by atoms with Crippen LogP contribution in [0, 0.1) is 5.92 Å². The van der Waals surface area contributed by atoms with Gasteiger partial charge < -0.3 is 19.6 Å². The quantitative estimate of drug-likeness (QED) is 0.595. The first kappa shape index (κ1) is 24.0. The molecule has 2 aromatic rings. The van der Waals surface area contributed by atoms with Crippen molar-refractivity contribution in [3.8, 4) is 11.5 Å². The lowest BCUT2D eigenvalue weighted by molar-refractivity contribution is 0.0159. The standard InChI is InChI=1S/C29H39N3O3/c1-30(2)29(24-9-11-25(33)12-10-24)17-15-28(16-18-29)21-31(19-23-7-13-26(35-3)14-8-23)27(34)32(28)20-22-5-4-6-22/h7-14,22,33H,4-6,15-21H2,1-3H3/t28-,29-. The summed E-state index contributed by atoms with van der Waals surface area (Å²) in [5, 5.41) is 9.83. The van der Waals surface area contributed by atoms with Crippen LogP contribution in [-0.4, -0.2) is 65.7 Å². The Bertz CT molecular complexity index is 1020. The molecule has 5 rings (SSSR count). The number of aromatic hydroxyl groups is 1. The first-order valence-corrected chi connectivity index (χ1v) is 13.0. The van der Waals surface area contributed by atoms with Crippen molar-refractivity contribution in [2.24, 2.45) is 5.92 Å². The molecule has 3 fully saturated rings. The van der Waals surface area contributed by atoms with Crippen LogP contribution in [0.4, 0.5) is 4.79 Å². The molecule has 2 aromatic carbocycles. The Kier molecular flexibility index (Phi) is 6.43. The number of ether oxygens (including phenoxy) is 1. The van der Waals surface area contributed by atoms with E-state index in [1.54, 1.807) is 19.2 Å². The van der Waals surface area contributed by atoms with Crippen LogP contribution < -0.4 is 4.74 Å². The van der Waals surface area contributed by atoms with E-state index in [1.807, 2.05) is 12.1 Å². The summed E-state index contributed by atoms with van der Waals surface area (Å²) in [5.74, 6) is 1.79. The second-order valence-corrected chi connectivity index (χ2v) is 11.1. The fourth-order valence-electron chi connectivity index (χ4n) is 6.48. The van der Waals surface area contributed by atoms with Crippen molar-refractivity contribution in [2.75, 3.05) is 34.3 Å². The molecule has 1 N–H and O–H groups in total. The van der Waals surface area contributed by atoms with E-state index in [1.165, 1.54) is 24.8 Å². The first-order chi connectivity index (χ1) is 16.8. The van der Waals surface area contributed by atoms with Crippen molar-refractivity contribution < 1.29 is 14.6 Å². The fraction of sp³-hybridized carbons (Fsp3) is 0.552. The van der Waals surface area contributed by atoms with E-state index >= 15 is 0 Å². The molecule has 1 saturated heterocycles. The van der Waals surface area contributed by atoms with Gasteiger partial charge in [0.2, 0.25) is 0 Å². The van der Waals surface area contributed by atoms with Gasteiger partial charge >= 0.3 is 6.03 Å². The topological polar surface area (TPSA) is 56.3 Å². The summed E-state index contributed by atoms with van der Waals surface area (Å²) in [6, 6.07) is 16.0. The zero-order chi connectivity index (χ0) is 24.6. The average molecular weight is 478 g/mol. The smallest absolute Gasteiger partial charge is 0.320 e. The van der Waals surface area contributed by atoms with Crippen molar-refractivity contribution in [3.05, 3.63) is 59.7 Å². The summed E-state index contributed by atoms with van der Waals surface area (Å²) in [6.45, 7) is 2.33. The Morgan fingerprint density at radius 3 is 2.20 bits per heavy atom. The predicted molar refractivity (Wildman–Crippen MR) is 138 cm³/mol. The lowest BCUT2D eigenvalue weighted by atomic mass is 9.68. The molecule has 188 valence electrons. The Hall–Kier alpha value is -2.73. The van der Waals surface area contributed by atoms with Crippen LogP contribution in [0.2, 0.25) is 0 Å². The minimum Gasteiger partial charge on any atom is -0.508 e. The third kappa shape index (κ3) is 4.37. The Morgan fingerprint density at radius 2 is 1.66 bits per heavy atom. The minimum atomic E-state index is -0.102. The molecule has 1 aliphatic heterocycles. The Balaban J connectivity index is 1.38. The van der Waals surface area contributed by atoms with Crippen molar-refractivity contribution in [1.29, 1.82) is 0 Å². The monoisotopic (exact) mass is 477 g/mol. The summed E-state index contributed by atoms with van der Waals surface area (Å²) in [6.07, 6.45) is 7.75. The number of carbonyl (C=O) groups is 1. The number of amides is 2. The van der Waals surface area contributed by atoms with Crippen LogP contribution in [0.25, 0.3) is 0 Å². The summed E-state index contributed by atoms with van der Waals surface area (Å²) in [4.78, 5) is 20.4. The van der Waals surface area contributed by atoms with Crippen LogP contribution in [0.5, 0.6) is 11.5 Å². The number of phenols is 1. The van der Waals surface area contributed by atoms with Crippen LogP contribution in [-0.2, 0) is 12.1 Å². The molecule has 0 radical (unpaired) electrons. The molecule has 2 aliphatic carbocycles. The average Bonchev–Trinajstić information content (AvgIpc) is 3.08. The van der Waals surface area contributed by atoms with Gasteiger partial charge in [0.05, 0.1) is 12.6 Å². The summed E-state index contributed by atoms with van der Waals surface area (Å²) in [5.41, 5.74) is 2.21. The molecule has 3 aliphatic rings. The SMILES string of the molecule is COc1ccc(CN2C[C@]3(CC[C@@](c4ccc(O)cc4)(N(C)C)CC3)N(CC3CCC3)C2=O)cc1. The van der Waals surface area contributed by atoms with Crippen LogP contribution in [0.15, 0.2) is 48.5 Å². The maximum Gasteiger partial charge on any atom is 0.320 e. The van der Waals surface area contributed by atoms with Crippen molar-refractivity contribution >= 4 is 6.03 Å². The number of rotatable bonds is 7. The maximum atomic E-state index is 13.8. The molecule has 0 bridgehead atoms. The molecule has 2 amide bonds. The van der Waals surface area contributed by atoms with E-state index in [9.17, 15) is 9.90 Å². The van der Waals surface area contributed by atoms with E-state index in [-0.39, 0.29) is 17.1 Å². The fourth-order valence-corrected chi connectivity index (χ4v) is 6.48. The highest BCUT2D eigenvalue weighted by Crippen LogP contribution is 2.50. The van der Waals surface area contributed by atoms with Gasteiger partial charge in [-0.15, -0.1) is 0 Å². The molecule has 0 atom stereocenters. The molecule has 2 saturated carbocycles. The highest BCUT2D eigenvalue weighted by molar-refractivity contribution is 5.78. The second kappa shape index (κ2) is 9.38. The van der Waals surface area contributed by atoms with Gasteiger partial charge in [0.25, 0.3) is 0 Å². The summed E-state index contributed by atoms with van der Waals surface area (Å²) < 4.78 is 5.31. The number of urea groups is 1. The number of phenolic OH excluding ortho intramolecular Hbond substituents is 1. The molecule has 6 nitrogen and oxygen atoms in total. The molecule has 0 unspecified atom stereocenters. The zero-order valence-electron chi connectivity index (χ0n) is 21.4. The first-order valence-electron chi connectivity index (χ1n) is 13.0. The van der Waals surface area contributed by atoms with Gasteiger partial charge in [-0.1, -0.05) is 30.7 Å². The van der Waals surface area contributed by atoms with Gasteiger partial charge in [-0.2, -0.15) is 0 Å². The molecule has 0 aromatic heterocycles. The van der Waals surface area contributed by atoms with Gasteiger partial charge in [-0.3, -0.25) is 4.90 Å². The van der Waals surface area contributed by atoms with Gasteiger partial charge in [-0.25, -0.2) is 4.79 Å². The van der Waals surface area contributed by atoms with Crippen LogP contribution >= 0.6 is 0 Å². The van der Waals surface area contributed by atoms with E-state index in [0.717, 1.165) is 50.1 Å². The number of nitrogens with zero attached hydrogens (tertiary/aromatic N) is 3. The van der Waals surface area contributed by atoms with Gasteiger partial charge in [0.1, 0.15) is 11.5 Å². The molecular weight excluding hydrogens is 438 g/mol. The number of hydrogen-bond acceptors (Lipinski definition) is 4. The van der Waals surface area contributed by atoms with Crippen LogP contribution in [0.1, 0.15) is 56.1 Å². The molecule has 1 spiro atoms. The molecule has 1 heterocycles. The third-order valence-corrected chi connectivity index (χ3v) is 9.03. The zero-order valence-corrected chi connectivity index (χ0v) is 21.4. The number of hydrogen-bond donors (Lipinski definition) is 1.